The second kappa shape index (κ2) is 5.12. The smallest absolute Gasteiger partial charge is 0.321 e. The molecular formula is C12H12N6O3. The number of nitrogen functional groups attached to an aromatic ring is 1. The number of carbonyl (C=O) groups is 2. The summed E-state index contributed by atoms with van der Waals surface area (Å²) in [5.74, 6) is -0.585. The van der Waals surface area contributed by atoms with Crippen molar-refractivity contribution in [2.45, 2.75) is 0 Å². The highest BCUT2D eigenvalue weighted by Crippen LogP contribution is 2.20. The second-order valence-corrected chi connectivity index (χ2v) is 4.38. The molecule has 0 spiro atoms. The first-order valence-electron chi connectivity index (χ1n) is 6.20. The van der Waals surface area contributed by atoms with E-state index < -0.39 is 5.91 Å². The minimum Gasteiger partial charge on any atom is -0.379 e. The van der Waals surface area contributed by atoms with E-state index in [0.717, 1.165) is 5.69 Å². The Bertz CT molecular complexity index is 681. The number of amides is 3. The number of aromatic nitrogens is 2. The van der Waals surface area contributed by atoms with E-state index in [1.165, 1.54) is 0 Å². The largest absolute Gasteiger partial charge is 0.379 e. The Hall–Kier alpha value is -3.10. The van der Waals surface area contributed by atoms with Crippen molar-refractivity contribution in [3.63, 3.8) is 0 Å². The minimum absolute atomic E-state index is 0.0713. The van der Waals surface area contributed by atoms with Crippen LogP contribution in [0.15, 0.2) is 28.9 Å². The summed E-state index contributed by atoms with van der Waals surface area (Å²) in [6, 6.07) is 6.72. The summed E-state index contributed by atoms with van der Waals surface area (Å²) < 4.78 is 4.37. The van der Waals surface area contributed by atoms with Gasteiger partial charge in [0.05, 0.1) is 0 Å². The lowest BCUT2D eigenvalue weighted by atomic mass is 10.2. The van der Waals surface area contributed by atoms with Gasteiger partial charge in [0.2, 0.25) is 11.5 Å². The van der Waals surface area contributed by atoms with Gasteiger partial charge in [0.15, 0.2) is 0 Å². The zero-order valence-corrected chi connectivity index (χ0v) is 10.9. The predicted octanol–water partition coefficient (Wildman–Crippen LogP) is 0.434. The van der Waals surface area contributed by atoms with Crippen LogP contribution in [0.1, 0.15) is 10.5 Å². The molecular weight excluding hydrogens is 276 g/mol. The van der Waals surface area contributed by atoms with E-state index in [1.54, 1.807) is 29.2 Å². The Morgan fingerprint density at radius 1 is 1.33 bits per heavy atom. The van der Waals surface area contributed by atoms with Crippen molar-refractivity contribution < 1.29 is 14.2 Å². The average molecular weight is 288 g/mol. The Morgan fingerprint density at radius 2 is 2.10 bits per heavy atom. The molecule has 1 aromatic heterocycles. The molecule has 9 nitrogen and oxygen atoms in total. The van der Waals surface area contributed by atoms with Crippen LogP contribution in [0.5, 0.6) is 0 Å². The SMILES string of the molecule is Nc1nonc1C(=O)Nc1ccc(N2CCNC2=O)cc1. The van der Waals surface area contributed by atoms with Gasteiger partial charge >= 0.3 is 6.03 Å². The van der Waals surface area contributed by atoms with Crippen molar-refractivity contribution in [1.82, 2.24) is 15.6 Å². The van der Waals surface area contributed by atoms with Crippen LogP contribution >= 0.6 is 0 Å². The number of hydrogen-bond donors (Lipinski definition) is 3. The molecule has 0 saturated carbocycles. The van der Waals surface area contributed by atoms with E-state index in [0.29, 0.717) is 18.8 Å². The van der Waals surface area contributed by atoms with Gasteiger partial charge in [-0.15, -0.1) is 0 Å². The fourth-order valence-electron chi connectivity index (χ4n) is 1.99. The first-order chi connectivity index (χ1) is 10.1. The summed E-state index contributed by atoms with van der Waals surface area (Å²) in [4.78, 5) is 25.0. The van der Waals surface area contributed by atoms with Crippen molar-refractivity contribution in [2.75, 3.05) is 29.0 Å². The summed E-state index contributed by atoms with van der Waals surface area (Å²) >= 11 is 0. The van der Waals surface area contributed by atoms with Crippen molar-refractivity contribution in [1.29, 1.82) is 0 Å². The fraction of sp³-hybridized carbons (Fsp3) is 0.167. The van der Waals surface area contributed by atoms with Crippen LogP contribution in [0, 0.1) is 0 Å². The third-order valence-corrected chi connectivity index (χ3v) is 3.02. The van der Waals surface area contributed by atoms with Gasteiger partial charge in [0.1, 0.15) is 0 Å². The number of rotatable bonds is 3. The Morgan fingerprint density at radius 3 is 2.67 bits per heavy atom. The summed E-state index contributed by atoms with van der Waals surface area (Å²) in [7, 11) is 0. The van der Waals surface area contributed by atoms with Gasteiger partial charge in [-0.25, -0.2) is 9.42 Å². The van der Waals surface area contributed by atoms with E-state index in [2.05, 4.69) is 25.6 Å². The maximum absolute atomic E-state index is 11.9. The molecule has 0 radical (unpaired) electrons. The molecule has 4 N–H and O–H groups in total. The lowest BCUT2D eigenvalue weighted by molar-refractivity contribution is 0.101. The van der Waals surface area contributed by atoms with Gasteiger partial charge in [-0.05, 0) is 34.6 Å². The molecule has 1 saturated heterocycles. The second-order valence-electron chi connectivity index (χ2n) is 4.38. The van der Waals surface area contributed by atoms with Gasteiger partial charge in [-0.1, -0.05) is 0 Å². The molecule has 2 aromatic rings. The van der Waals surface area contributed by atoms with Crippen molar-refractivity contribution in [3.05, 3.63) is 30.0 Å². The van der Waals surface area contributed by atoms with E-state index in [1.807, 2.05) is 0 Å². The van der Waals surface area contributed by atoms with E-state index in [-0.39, 0.29) is 17.5 Å². The Kier molecular flexibility index (Phi) is 3.14. The van der Waals surface area contributed by atoms with Gasteiger partial charge in [-0.2, -0.15) is 0 Å². The first kappa shape index (κ1) is 12.9. The third kappa shape index (κ3) is 2.48. The van der Waals surface area contributed by atoms with Crippen molar-refractivity contribution in [2.24, 2.45) is 0 Å². The standard InChI is InChI=1S/C12H12N6O3/c13-10-9(16-21-17-10)11(19)15-7-1-3-8(4-2-7)18-6-5-14-12(18)20/h1-4H,5-6H2,(H2,13,17)(H,14,20)(H,15,19). The van der Waals surface area contributed by atoms with E-state index in [9.17, 15) is 9.59 Å². The summed E-state index contributed by atoms with van der Waals surface area (Å²) in [5.41, 5.74) is 6.67. The number of hydrogen-bond acceptors (Lipinski definition) is 6. The lowest BCUT2D eigenvalue weighted by Gasteiger charge is -2.14. The Balaban J connectivity index is 1.71. The number of nitrogens with zero attached hydrogens (tertiary/aromatic N) is 3. The van der Waals surface area contributed by atoms with Gasteiger partial charge in [-0.3, -0.25) is 9.69 Å². The molecule has 3 amide bonds. The lowest BCUT2D eigenvalue weighted by Crippen LogP contribution is -2.27. The van der Waals surface area contributed by atoms with Crippen LogP contribution in [-0.4, -0.2) is 35.3 Å². The zero-order chi connectivity index (χ0) is 14.8. The number of nitrogens with one attached hydrogen (secondary N) is 2. The number of benzene rings is 1. The Labute approximate surface area is 119 Å². The predicted molar refractivity (Wildman–Crippen MR) is 73.9 cm³/mol. The first-order valence-corrected chi connectivity index (χ1v) is 6.20. The fourth-order valence-corrected chi connectivity index (χ4v) is 1.99. The van der Waals surface area contributed by atoms with Crippen LogP contribution in [0.4, 0.5) is 22.0 Å². The maximum Gasteiger partial charge on any atom is 0.321 e. The number of carbonyl (C=O) groups excluding carboxylic acids is 2. The molecule has 21 heavy (non-hydrogen) atoms. The van der Waals surface area contributed by atoms with Crippen LogP contribution in [0.25, 0.3) is 0 Å². The zero-order valence-electron chi connectivity index (χ0n) is 10.9. The topological polar surface area (TPSA) is 126 Å². The molecule has 108 valence electrons. The van der Waals surface area contributed by atoms with Crippen LogP contribution in [0.2, 0.25) is 0 Å². The number of urea groups is 1. The molecule has 9 heteroatoms. The molecule has 2 heterocycles. The monoisotopic (exact) mass is 288 g/mol. The van der Waals surface area contributed by atoms with Gasteiger partial charge in [0.25, 0.3) is 5.91 Å². The molecule has 1 aliphatic heterocycles. The minimum atomic E-state index is -0.514. The molecule has 3 rings (SSSR count). The molecule has 0 aliphatic carbocycles. The third-order valence-electron chi connectivity index (χ3n) is 3.02. The molecule has 1 fully saturated rings. The van der Waals surface area contributed by atoms with Gasteiger partial charge in [0, 0.05) is 24.5 Å². The van der Waals surface area contributed by atoms with Gasteiger partial charge < -0.3 is 16.4 Å². The normalized spacial score (nSPS) is 14.1. The molecule has 0 bridgehead atoms. The van der Waals surface area contributed by atoms with Crippen molar-refractivity contribution >= 4 is 29.1 Å². The number of nitrogens with two attached hydrogens (primary N) is 1. The summed E-state index contributed by atoms with van der Waals surface area (Å²) in [6.07, 6.45) is 0. The van der Waals surface area contributed by atoms with E-state index >= 15 is 0 Å². The average Bonchev–Trinajstić information content (AvgIpc) is 3.08. The maximum atomic E-state index is 11.9. The molecule has 1 aliphatic rings. The van der Waals surface area contributed by atoms with Crippen LogP contribution in [0.3, 0.4) is 0 Å². The highest BCUT2D eigenvalue weighted by Gasteiger charge is 2.21. The summed E-state index contributed by atoms with van der Waals surface area (Å²) in [5, 5.41) is 12.1. The number of anilines is 3. The highest BCUT2D eigenvalue weighted by molar-refractivity contribution is 6.05. The molecule has 0 unspecified atom stereocenters. The van der Waals surface area contributed by atoms with E-state index in [4.69, 9.17) is 5.73 Å². The van der Waals surface area contributed by atoms with Crippen molar-refractivity contribution in [3.8, 4) is 0 Å². The molecule has 1 aromatic carbocycles. The quantitative estimate of drug-likeness (QED) is 0.752. The molecule has 0 atom stereocenters. The summed E-state index contributed by atoms with van der Waals surface area (Å²) in [6.45, 7) is 1.24. The van der Waals surface area contributed by atoms with Crippen LogP contribution in [-0.2, 0) is 0 Å². The van der Waals surface area contributed by atoms with Crippen LogP contribution < -0.4 is 21.3 Å². The highest BCUT2D eigenvalue weighted by atomic mass is 16.6.